The van der Waals surface area contributed by atoms with Gasteiger partial charge in [-0.25, -0.2) is 0 Å². The fraction of sp³-hybridized carbons (Fsp3) is 0.619. The Hall–Kier alpha value is -1.42. The largest absolute Gasteiger partial charge is 0.494 e. The summed E-state index contributed by atoms with van der Waals surface area (Å²) < 4.78 is 5.76. The highest BCUT2D eigenvalue weighted by Crippen LogP contribution is 2.31. The number of hydrogen-bond donors (Lipinski definition) is 0. The van der Waals surface area contributed by atoms with Crippen molar-refractivity contribution in [2.24, 2.45) is 11.8 Å². The van der Waals surface area contributed by atoms with Crippen molar-refractivity contribution in [2.75, 3.05) is 6.61 Å². The molecule has 1 aromatic carbocycles. The average molecular weight is 298 g/mol. The highest BCUT2D eigenvalue weighted by molar-refractivity contribution is 5.27. The third-order valence-corrected chi connectivity index (χ3v) is 4.86. The molecule has 1 aliphatic carbocycles. The maximum Gasteiger partial charge on any atom is 0.119 e. The molecule has 0 spiro atoms. The van der Waals surface area contributed by atoms with Crippen LogP contribution in [0.5, 0.6) is 5.75 Å². The maximum absolute atomic E-state index is 5.76. The fourth-order valence-corrected chi connectivity index (χ4v) is 3.28. The molecule has 1 aliphatic rings. The van der Waals surface area contributed by atoms with E-state index < -0.39 is 0 Å². The normalized spacial score (nSPS) is 21.3. The third kappa shape index (κ3) is 5.76. The van der Waals surface area contributed by atoms with E-state index in [1.807, 2.05) is 0 Å². The molecular weight excluding hydrogens is 268 g/mol. The first kappa shape index (κ1) is 16.9. The van der Waals surface area contributed by atoms with Crippen LogP contribution in [-0.4, -0.2) is 6.61 Å². The quantitative estimate of drug-likeness (QED) is 0.446. The van der Waals surface area contributed by atoms with Gasteiger partial charge in [-0.05, 0) is 68.6 Å². The van der Waals surface area contributed by atoms with Crippen molar-refractivity contribution in [3.05, 3.63) is 29.8 Å². The summed E-state index contributed by atoms with van der Waals surface area (Å²) in [4.78, 5) is 0. The van der Waals surface area contributed by atoms with Crippen LogP contribution in [0.4, 0.5) is 0 Å². The molecule has 0 N–H and O–H groups in total. The number of aryl methyl sites for hydroxylation is 1. The summed E-state index contributed by atoms with van der Waals surface area (Å²) in [5.74, 6) is 5.34. The van der Waals surface area contributed by atoms with Crippen molar-refractivity contribution < 1.29 is 4.74 Å². The number of benzene rings is 1. The lowest BCUT2D eigenvalue weighted by atomic mass is 9.80. The predicted octanol–water partition coefficient (Wildman–Crippen LogP) is 5.63. The number of ether oxygens (including phenoxy) is 1. The van der Waals surface area contributed by atoms with Gasteiger partial charge in [0.1, 0.15) is 5.75 Å². The molecule has 1 heteroatoms. The Morgan fingerprint density at radius 1 is 1.09 bits per heavy atom. The Balaban J connectivity index is 1.67. The van der Waals surface area contributed by atoms with E-state index in [1.165, 1.54) is 56.9 Å². The van der Waals surface area contributed by atoms with Crippen LogP contribution in [-0.2, 0) is 6.42 Å². The highest BCUT2D eigenvalue weighted by atomic mass is 16.5. The van der Waals surface area contributed by atoms with Gasteiger partial charge in [-0.2, -0.15) is 0 Å². The van der Waals surface area contributed by atoms with E-state index in [1.54, 1.807) is 0 Å². The van der Waals surface area contributed by atoms with Crippen molar-refractivity contribution in [1.29, 1.82) is 0 Å². The summed E-state index contributed by atoms with van der Waals surface area (Å²) in [5, 5.41) is 0. The van der Waals surface area contributed by atoms with Crippen LogP contribution in [0.3, 0.4) is 0 Å². The minimum atomic E-state index is 0.542. The van der Waals surface area contributed by atoms with E-state index in [0.717, 1.165) is 24.7 Å². The first-order valence-electron chi connectivity index (χ1n) is 8.99. The van der Waals surface area contributed by atoms with Gasteiger partial charge in [0.2, 0.25) is 0 Å². The molecule has 0 atom stereocenters. The van der Waals surface area contributed by atoms with Crippen LogP contribution in [0.2, 0.25) is 0 Å². The molecule has 1 fully saturated rings. The van der Waals surface area contributed by atoms with Gasteiger partial charge in [0, 0.05) is 5.92 Å². The summed E-state index contributed by atoms with van der Waals surface area (Å²) in [5.41, 5.74) is 1.43. The third-order valence-electron chi connectivity index (χ3n) is 4.86. The van der Waals surface area contributed by atoms with E-state index in [9.17, 15) is 0 Å². The van der Waals surface area contributed by atoms with Crippen LogP contribution >= 0.6 is 0 Å². The van der Waals surface area contributed by atoms with Crippen molar-refractivity contribution in [3.8, 4) is 18.1 Å². The molecule has 0 aromatic heterocycles. The summed E-state index contributed by atoms with van der Waals surface area (Å²) in [7, 11) is 0. The minimum absolute atomic E-state index is 0.542. The molecule has 0 heterocycles. The molecule has 0 bridgehead atoms. The van der Waals surface area contributed by atoms with Crippen LogP contribution in [0, 0.1) is 24.2 Å². The Labute approximate surface area is 136 Å². The molecule has 1 aromatic rings. The lowest BCUT2D eigenvalue weighted by Gasteiger charge is -2.25. The molecule has 0 unspecified atom stereocenters. The monoisotopic (exact) mass is 298 g/mol. The van der Waals surface area contributed by atoms with E-state index in [2.05, 4.69) is 37.1 Å². The van der Waals surface area contributed by atoms with E-state index in [0.29, 0.717) is 5.92 Å². The molecule has 1 nitrogen and oxygen atoms in total. The van der Waals surface area contributed by atoms with Crippen molar-refractivity contribution in [2.45, 2.75) is 64.7 Å². The van der Waals surface area contributed by atoms with E-state index in [-0.39, 0.29) is 0 Å². The standard InChI is InChI=1S/C21H30O/c1-3-5-6-17-22-21-15-13-20(14-16-21)12-11-19-9-7-18(4-2)8-10-19/h2,13-16,18-19H,3,5-12,17H2,1H3. The van der Waals surface area contributed by atoms with Crippen molar-refractivity contribution >= 4 is 0 Å². The summed E-state index contributed by atoms with van der Waals surface area (Å²) in [6, 6.07) is 8.69. The highest BCUT2D eigenvalue weighted by Gasteiger charge is 2.19. The Morgan fingerprint density at radius 2 is 1.82 bits per heavy atom. The number of terminal acetylenes is 1. The summed E-state index contributed by atoms with van der Waals surface area (Å²) in [6.45, 7) is 3.05. The lowest BCUT2D eigenvalue weighted by molar-refractivity contribution is 0.301. The lowest BCUT2D eigenvalue weighted by Crippen LogP contribution is -2.13. The van der Waals surface area contributed by atoms with E-state index in [4.69, 9.17) is 11.2 Å². The van der Waals surface area contributed by atoms with Gasteiger partial charge >= 0.3 is 0 Å². The molecule has 0 aliphatic heterocycles. The molecule has 1 saturated carbocycles. The topological polar surface area (TPSA) is 9.23 Å². The van der Waals surface area contributed by atoms with Gasteiger partial charge < -0.3 is 4.74 Å². The fourth-order valence-electron chi connectivity index (χ4n) is 3.28. The molecule has 22 heavy (non-hydrogen) atoms. The van der Waals surface area contributed by atoms with Crippen molar-refractivity contribution in [1.82, 2.24) is 0 Å². The van der Waals surface area contributed by atoms with Crippen LogP contribution in [0.15, 0.2) is 24.3 Å². The predicted molar refractivity (Wildman–Crippen MR) is 94.1 cm³/mol. The smallest absolute Gasteiger partial charge is 0.119 e. The number of hydrogen-bond acceptors (Lipinski definition) is 1. The summed E-state index contributed by atoms with van der Waals surface area (Å²) in [6.07, 6.45) is 16.7. The molecule has 0 saturated heterocycles. The second-order valence-electron chi connectivity index (χ2n) is 6.62. The van der Waals surface area contributed by atoms with Crippen molar-refractivity contribution in [3.63, 3.8) is 0 Å². The molecule has 0 amide bonds. The SMILES string of the molecule is C#CC1CCC(CCc2ccc(OCCCCC)cc2)CC1. The molecule has 2 rings (SSSR count). The Bertz CT molecular complexity index is 446. The average Bonchev–Trinajstić information content (AvgIpc) is 2.58. The maximum atomic E-state index is 5.76. The molecule has 120 valence electrons. The van der Waals surface area contributed by atoms with Gasteiger partial charge in [0.15, 0.2) is 0 Å². The summed E-state index contributed by atoms with van der Waals surface area (Å²) >= 11 is 0. The van der Waals surface area contributed by atoms with Crippen LogP contribution < -0.4 is 4.74 Å². The zero-order valence-corrected chi connectivity index (χ0v) is 14.0. The van der Waals surface area contributed by atoms with Gasteiger partial charge in [-0.15, -0.1) is 12.3 Å². The first-order chi connectivity index (χ1) is 10.8. The second kappa shape index (κ2) is 9.57. The zero-order valence-electron chi connectivity index (χ0n) is 14.0. The minimum Gasteiger partial charge on any atom is -0.494 e. The van der Waals surface area contributed by atoms with Gasteiger partial charge in [0.25, 0.3) is 0 Å². The van der Waals surface area contributed by atoms with Gasteiger partial charge in [-0.3, -0.25) is 0 Å². The van der Waals surface area contributed by atoms with Gasteiger partial charge in [-0.1, -0.05) is 31.9 Å². The molecular formula is C21H30O. The zero-order chi connectivity index (χ0) is 15.6. The second-order valence-corrected chi connectivity index (χ2v) is 6.62. The van der Waals surface area contributed by atoms with Crippen LogP contribution in [0.25, 0.3) is 0 Å². The molecule has 0 radical (unpaired) electrons. The number of rotatable bonds is 8. The van der Waals surface area contributed by atoms with Crippen LogP contribution in [0.1, 0.15) is 63.9 Å². The Morgan fingerprint density at radius 3 is 2.45 bits per heavy atom. The first-order valence-corrected chi connectivity index (χ1v) is 8.99. The van der Waals surface area contributed by atoms with E-state index >= 15 is 0 Å². The van der Waals surface area contributed by atoms with Gasteiger partial charge in [0.05, 0.1) is 6.61 Å². The Kier molecular flexibility index (Phi) is 7.37. The number of unbranched alkanes of at least 4 members (excludes halogenated alkanes) is 2.